The summed E-state index contributed by atoms with van der Waals surface area (Å²) in [6.07, 6.45) is 8.49. The number of benzene rings is 1. The molecule has 5 rings (SSSR count). The zero-order chi connectivity index (χ0) is 20.3. The third-order valence-corrected chi connectivity index (χ3v) is 8.56. The summed E-state index contributed by atoms with van der Waals surface area (Å²) in [6.45, 7) is 7.17. The number of likely N-dealkylation sites (tertiary alicyclic amines) is 1. The SMILES string of the molecule is O=C1CC[C@@H](CN2CCOCC2)N1c1ccc(SC2CC(N3CCCCC3)C2)cc1. The van der Waals surface area contributed by atoms with E-state index in [1.807, 2.05) is 11.8 Å². The van der Waals surface area contributed by atoms with Gasteiger partial charge in [0.15, 0.2) is 0 Å². The lowest BCUT2D eigenvalue weighted by Gasteiger charge is -2.44. The lowest BCUT2D eigenvalue weighted by atomic mass is 9.89. The van der Waals surface area contributed by atoms with Crippen molar-refractivity contribution in [3.8, 4) is 0 Å². The van der Waals surface area contributed by atoms with Crippen molar-refractivity contribution in [2.24, 2.45) is 0 Å². The fourth-order valence-corrected chi connectivity index (χ4v) is 6.76. The molecule has 164 valence electrons. The van der Waals surface area contributed by atoms with Gasteiger partial charge < -0.3 is 14.5 Å². The number of rotatable bonds is 6. The van der Waals surface area contributed by atoms with Crippen LogP contribution in [0.1, 0.15) is 44.9 Å². The number of anilines is 1. The molecule has 1 atom stereocenters. The maximum absolute atomic E-state index is 12.6. The number of hydrogen-bond donors (Lipinski definition) is 0. The van der Waals surface area contributed by atoms with E-state index < -0.39 is 0 Å². The van der Waals surface area contributed by atoms with Crippen LogP contribution in [0.4, 0.5) is 5.69 Å². The summed E-state index contributed by atoms with van der Waals surface area (Å²) in [5.41, 5.74) is 1.07. The Morgan fingerprint density at radius 1 is 0.967 bits per heavy atom. The number of amides is 1. The van der Waals surface area contributed by atoms with Crippen LogP contribution < -0.4 is 4.90 Å². The normalized spacial score (nSPS) is 31.1. The molecule has 4 fully saturated rings. The number of nitrogens with zero attached hydrogens (tertiary/aromatic N) is 3. The average molecular weight is 430 g/mol. The van der Waals surface area contributed by atoms with Crippen LogP contribution in [0.25, 0.3) is 0 Å². The number of ether oxygens (including phenoxy) is 1. The third kappa shape index (κ3) is 4.72. The Labute approximate surface area is 185 Å². The number of thioether (sulfide) groups is 1. The van der Waals surface area contributed by atoms with Crippen LogP contribution in [0.2, 0.25) is 0 Å². The van der Waals surface area contributed by atoms with E-state index in [-0.39, 0.29) is 5.91 Å². The van der Waals surface area contributed by atoms with Gasteiger partial charge in [-0.05, 0) is 69.5 Å². The molecule has 1 saturated carbocycles. The molecule has 3 saturated heterocycles. The highest BCUT2D eigenvalue weighted by molar-refractivity contribution is 8.00. The van der Waals surface area contributed by atoms with Gasteiger partial charge >= 0.3 is 0 Å². The van der Waals surface area contributed by atoms with Crippen molar-refractivity contribution in [3.05, 3.63) is 24.3 Å². The summed E-state index contributed by atoms with van der Waals surface area (Å²) in [6, 6.07) is 9.91. The first-order valence-corrected chi connectivity index (χ1v) is 12.8. The van der Waals surface area contributed by atoms with Gasteiger partial charge in [0, 0.05) is 47.9 Å². The predicted octanol–water partition coefficient (Wildman–Crippen LogP) is 3.62. The van der Waals surface area contributed by atoms with Gasteiger partial charge in [-0.15, -0.1) is 11.8 Å². The summed E-state index contributed by atoms with van der Waals surface area (Å²) in [5, 5.41) is 0.755. The number of piperidine rings is 1. The monoisotopic (exact) mass is 429 g/mol. The molecular weight excluding hydrogens is 394 g/mol. The van der Waals surface area contributed by atoms with Crippen molar-refractivity contribution >= 4 is 23.4 Å². The third-order valence-electron chi connectivity index (χ3n) is 7.29. The van der Waals surface area contributed by atoms with Gasteiger partial charge in [0.05, 0.1) is 19.3 Å². The zero-order valence-corrected chi connectivity index (χ0v) is 18.8. The highest BCUT2D eigenvalue weighted by atomic mass is 32.2. The van der Waals surface area contributed by atoms with Crippen molar-refractivity contribution in [2.75, 3.05) is 50.8 Å². The second-order valence-electron chi connectivity index (χ2n) is 9.32. The van der Waals surface area contributed by atoms with E-state index in [2.05, 4.69) is 39.0 Å². The van der Waals surface area contributed by atoms with E-state index in [4.69, 9.17) is 4.74 Å². The number of morpholine rings is 1. The molecule has 1 aromatic carbocycles. The van der Waals surface area contributed by atoms with E-state index >= 15 is 0 Å². The van der Waals surface area contributed by atoms with E-state index in [1.54, 1.807) is 0 Å². The quantitative estimate of drug-likeness (QED) is 0.690. The Bertz CT molecular complexity index is 710. The van der Waals surface area contributed by atoms with Gasteiger partial charge in [-0.1, -0.05) is 6.42 Å². The van der Waals surface area contributed by atoms with E-state index in [0.29, 0.717) is 12.5 Å². The molecule has 5 nitrogen and oxygen atoms in total. The molecule has 4 aliphatic rings. The largest absolute Gasteiger partial charge is 0.379 e. The fourth-order valence-electron chi connectivity index (χ4n) is 5.45. The lowest BCUT2D eigenvalue weighted by Crippen LogP contribution is -2.48. The zero-order valence-electron chi connectivity index (χ0n) is 18.0. The molecule has 0 N–H and O–H groups in total. The highest BCUT2D eigenvalue weighted by Crippen LogP contribution is 2.40. The molecule has 3 heterocycles. The molecule has 0 aromatic heterocycles. The van der Waals surface area contributed by atoms with Crippen LogP contribution in [0.15, 0.2) is 29.2 Å². The fraction of sp³-hybridized carbons (Fsp3) is 0.708. The first-order chi connectivity index (χ1) is 14.8. The summed E-state index contributed by atoms with van der Waals surface area (Å²) < 4.78 is 5.47. The maximum Gasteiger partial charge on any atom is 0.227 e. The molecule has 0 unspecified atom stereocenters. The number of carbonyl (C=O) groups excluding carboxylic acids is 1. The molecule has 1 aliphatic carbocycles. The topological polar surface area (TPSA) is 36.0 Å². The summed E-state index contributed by atoms with van der Waals surface area (Å²) in [5.74, 6) is 0.275. The summed E-state index contributed by atoms with van der Waals surface area (Å²) >= 11 is 2.03. The molecule has 1 aromatic rings. The van der Waals surface area contributed by atoms with E-state index in [0.717, 1.165) is 56.2 Å². The molecule has 6 heteroatoms. The Morgan fingerprint density at radius 2 is 1.70 bits per heavy atom. The number of hydrogen-bond acceptors (Lipinski definition) is 5. The molecule has 3 aliphatic heterocycles. The van der Waals surface area contributed by atoms with Crippen molar-refractivity contribution in [1.29, 1.82) is 0 Å². The number of carbonyl (C=O) groups is 1. The Kier molecular flexibility index (Phi) is 6.65. The minimum Gasteiger partial charge on any atom is -0.379 e. The van der Waals surface area contributed by atoms with Crippen LogP contribution in [0.5, 0.6) is 0 Å². The molecule has 30 heavy (non-hydrogen) atoms. The molecule has 0 bridgehead atoms. The maximum atomic E-state index is 12.6. The van der Waals surface area contributed by atoms with Gasteiger partial charge in [-0.2, -0.15) is 0 Å². The van der Waals surface area contributed by atoms with Crippen LogP contribution in [0.3, 0.4) is 0 Å². The van der Waals surface area contributed by atoms with Crippen molar-refractivity contribution < 1.29 is 9.53 Å². The van der Waals surface area contributed by atoms with Crippen molar-refractivity contribution in [3.63, 3.8) is 0 Å². The van der Waals surface area contributed by atoms with Gasteiger partial charge in [0.25, 0.3) is 0 Å². The van der Waals surface area contributed by atoms with Gasteiger partial charge in [0.1, 0.15) is 0 Å². The molecule has 0 spiro atoms. The molecule has 0 radical (unpaired) electrons. The van der Waals surface area contributed by atoms with Gasteiger partial charge in [-0.25, -0.2) is 0 Å². The molecular formula is C24H35N3O2S. The lowest BCUT2D eigenvalue weighted by molar-refractivity contribution is -0.117. The smallest absolute Gasteiger partial charge is 0.227 e. The highest BCUT2D eigenvalue weighted by Gasteiger charge is 2.35. The first-order valence-electron chi connectivity index (χ1n) is 11.9. The minimum absolute atomic E-state index is 0.275. The van der Waals surface area contributed by atoms with Crippen LogP contribution in [0, 0.1) is 0 Å². The summed E-state index contributed by atoms with van der Waals surface area (Å²) in [7, 11) is 0. The summed E-state index contributed by atoms with van der Waals surface area (Å²) in [4.78, 5) is 21.2. The standard InChI is InChI=1S/C24H35N3O2S/c28-24-9-6-20(18-25-12-14-29-15-13-25)27(24)19-4-7-22(8-5-19)30-23-16-21(17-23)26-10-2-1-3-11-26/h4-5,7-8,20-21,23H,1-3,6,9-18H2/t20-,21?,23?/m0/s1. The van der Waals surface area contributed by atoms with Gasteiger partial charge in [-0.3, -0.25) is 9.69 Å². The van der Waals surface area contributed by atoms with Crippen molar-refractivity contribution in [1.82, 2.24) is 9.80 Å². The molecule has 1 amide bonds. The Hall–Kier alpha value is -1.08. The predicted molar refractivity (Wildman–Crippen MR) is 122 cm³/mol. The minimum atomic E-state index is 0.275. The second-order valence-corrected chi connectivity index (χ2v) is 10.7. The van der Waals surface area contributed by atoms with Crippen LogP contribution >= 0.6 is 11.8 Å². The van der Waals surface area contributed by atoms with Crippen LogP contribution in [-0.4, -0.2) is 79.0 Å². The van der Waals surface area contributed by atoms with Crippen LogP contribution in [-0.2, 0) is 9.53 Å². The van der Waals surface area contributed by atoms with E-state index in [9.17, 15) is 4.79 Å². The Morgan fingerprint density at radius 3 is 2.43 bits per heavy atom. The second kappa shape index (κ2) is 9.60. The van der Waals surface area contributed by atoms with Gasteiger partial charge in [0.2, 0.25) is 5.91 Å². The van der Waals surface area contributed by atoms with E-state index in [1.165, 1.54) is 50.1 Å². The van der Waals surface area contributed by atoms with Crippen molar-refractivity contribution in [2.45, 2.75) is 67.2 Å². The first kappa shape index (κ1) is 20.8. The Balaban J connectivity index is 1.15. The average Bonchev–Trinajstić information content (AvgIpc) is 3.12.